The zero-order chi connectivity index (χ0) is 14.9. The minimum Gasteiger partial charge on any atom is -0.389 e. The summed E-state index contributed by atoms with van der Waals surface area (Å²) >= 11 is 5.00. The Morgan fingerprint density at radius 1 is 1.33 bits per heavy atom. The second kappa shape index (κ2) is 5.91. The summed E-state index contributed by atoms with van der Waals surface area (Å²) in [7, 11) is 2.15. The number of nitrogens with zero attached hydrogens (tertiary/aromatic N) is 1. The van der Waals surface area contributed by atoms with Crippen molar-refractivity contribution in [1.29, 1.82) is 0 Å². The number of anilines is 1. The second-order valence-corrected chi connectivity index (χ2v) is 6.44. The molecule has 1 spiro atoms. The predicted octanol–water partition coefficient (Wildman–Crippen LogP) is 2.10. The van der Waals surface area contributed by atoms with Crippen LogP contribution in [0, 0.1) is 0 Å². The molecule has 2 fully saturated rings. The summed E-state index contributed by atoms with van der Waals surface area (Å²) in [6, 6.07) is 8.63. The number of hydrogen-bond acceptors (Lipinski definition) is 4. The minimum atomic E-state index is -0.0596. The normalized spacial score (nSPS) is 28.7. The Morgan fingerprint density at radius 3 is 2.71 bits per heavy atom. The lowest BCUT2D eigenvalue weighted by Gasteiger charge is -2.41. The van der Waals surface area contributed by atoms with Crippen LogP contribution in [0.25, 0.3) is 0 Å². The zero-order valence-corrected chi connectivity index (χ0v) is 13.2. The van der Waals surface area contributed by atoms with Crippen molar-refractivity contribution in [1.82, 2.24) is 0 Å². The molecular weight excluding hydrogens is 284 g/mol. The number of ether oxygens (including phenoxy) is 2. The zero-order valence-electron chi connectivity index (χ0n) is 12.4. The fourth-order valence-electron chi connectivity index (χ4n) is 3.27. The van der Waals surface area contributed by atoms with E-state index in [-0.39, 0.29) is 5.60 Å². The molecule has 2 heterocycles. The lowest BCUT2D eigenvalue weighted by atomic mass is 9.89. The lowest BCUT2D eigenvalue weighted by molar-refractivity contribution is -0.0855. The fraction of sp³-hybridized carbons (Fsp3) is 0.562. The van der Waals surface area contributed by atoms with E-state index in [2.05, 4.69) is 24.1 Å². The standard InChI is InChI=1S/C16H22N2O2S/c1-18(13-4-2-12(3-5-13)15(17)21)14-6-8-20-16(10-14)7-9-19-11-16/h2-5,14H,6-11H2,1H3,(H2,17,21). The van der Waals surface area contributed by atoms with E-state index in [0.717, 1.165) is 44.6 Å². The third-order valence-electron chi connectivity index (χ3n) is 4.64. The summed E-state index contributed by atoms with van der Waals surface area (Å²) in [6.45, 7) is 2.36. The van der Waals surface area contributed by atoms with Gasteiger partial charge in [0.05, 0.1) is 12.2 Å². The molecule has 0 radical (unpaired) electrons. The van der Waals surface area contributed by atoms with Gasteiger partial charge in [-0.1, -0.05) is 12.2 Å². The summed E-state index contributed by atoms with van der Waals surface area (Å²) in [5, 5.41) is 0. The molecule has 4 nitrogen and oxygen atoms in total. The fourth-order valence-corrected chi connectivity index (χ4v) is 3.40. The number of thiocarbonyl (C=S) groups is 1. The summed E-state index contributed by atoms with van der Waals surface area (Å²) in [4.78, 5) is 2.78. The van der Waals surface area contributed by atoms with Gasteiger partial charge < -0.3 is 20.1 Å². The Hall–Kier alpha value is -1.17. The van der Waals surface area contributed by atoms with E-state index in [1.165, 1.54) is 5.69 Å². The first kappa shape index (κ1) is 14.8. The van der Waals surface area contributed by atoms with Crippen LogP contribution in [0.3, 0.4) is 0 Å². The Kier molecular flexibility index (Phi) is 4.15. The van der Waals surface area contributed by atoms with Gasteiger partial charge in [0.1, 0.15) is 4.99 Å². The Morgan fingerprint density at radius 2 is 2.10 bits per heavy atom. The maximum atomic E-state index is 6.01. The van der Waals surface area contributed by atoms with Crippen molar-refractivity contribution >= 4 is 22.9 Å². The average molecular weight is 306 g/mol. The molecule has 0 bridgehead atoms. The lowest BCUT2D eigenvalue weighted by Crippen LogP contribution is -2.48. The molecule has 1 aromatic carbocycles. The van der Waals surface area contributed by atoms with E-state index in [9.17, 15) is 0 Å². The van der Waals surface area contributed by atoms with Gasteiger partial charge in [0.25, 0.3) is 0 Å². The molecule has 114 valence electrons. The minimum absolute atomic E-state index is 0.0596. The summed E-state index contributed by atoms with van der Waals surface area (Å²) in [6.07, 6.45) is 3.09. The number of hydrogen-bond donors (Lipinski definition) is 1. The molecule has 5 heteroatoms. The molecule has 3 rings (SSSR count). The molecule has 21 heavy (non-hydrogen) atoms. The number of benzene rings is 1. The third-order valence-corrected chi connectivity index (χ3v) is 4.88. The second-order valence-electron chi connectivity index (χ2n) is 6.00. The molecule has 1 aromatic rings. The van der Waals surface area contributed by atoms with Crippen LogP contribution in [0.1, 0.15) is 24.8 Å². The molecule has 0 saturated carbocycles. The van der Waals surface area contributed by atoms with E-state index < -0.39 is 0 Å². The SMILES string of the molecule is CN(c1ccc(C(N)=S)cc1)C1CCOC2(CCOC2)C1. The van der Waals surface area contributed by atoms with Crippen molar-refractivity contribution in [2.45, 2.75) is 30.9 Å². The number of rotatable bonds is 3. The van der Waals surface area contributed by atoms with Crippen molar-refractivity contribution in [3.63, 3.8) is 0 Å². The largest absolute Gasteiger partial charge is 0.389 e. The quantitative estimate of drug-likeness (QED) is 0.867. The topological polar surface area (TPSA) is 47.7 Å². The van der Waals surface area contributed by atoms with Gasteiger partial charge in [0.15, 0.2) is 0 Å². The Bertz CT molecular complexity index is 512. The highest BCUT2D eigenvalue weighted by Gasteiger charge is 2.42. The van der Waals surface area contributed by atoms with Gasteiger partial charge in [-0.25, -0.2) is 0 Å². The van der Waals surface area contributed by atoms with Crippen LogP contribution in [0.2, 0.25) is 0 Å². The smallest absolute Gasteiger partial charge is 0.103 e. The Labute approximate surface area is 131 Å². The molecule has 0 aliphatic carbocycles. The van der Waals surface area contributed by atoms with Gasteiger partial charge >= 0.3 is 0 Å². The van der Waals surface area contributed by atoms with E-state index in [1.54, 1.807) is 0 Å². The van der Waals surface area contributed by atoms with Crippen LogP contribution >= 0.6 is 12.2 Å². The van der Waals surface area contributed by atoms with Crippen LogP contribution in [-0.2, 0) is 9.47 Å². The molecule has 2 N–H and O–H groups in total. The summed E-state index contributed by atoms with van der Waals surface area (Å²) in [5.41, 5.74) is 7.69. The number of nitrogens with two attached hydrogens (primary N) is 1. The molecular formula is C16H22N2O2S. The first-order valence-electron chi connectivity index (χ1n) is 7.44. The van der Waals surface area contributed by atoms with Crippen LogP contribution in [0.5, 0.6) is 0 Å². The first-order valence-corrected chi connectivity index (χ1v) is 7.85. The molecule has 2 aliphatic heterocycles. The van der Waals surface area contributed by atoms with Crippen molar-refractivity contribution < 1.29 is 9.47 Å². The van der Waals surface area contributed by atoms with Gasteiger partial charge in [-0.3, -0.25) is 0 Å². The molecule has 2 unspecified atom stereocenters. The van der Waals surface area contributed by atoms with E-state index in [1.807, 2.05) is 12.1 Å². The molecule has 0 amide bonds. The first-order chi connectivity index (χ1) is 10.1. The van der Waals surface area contributed by atoms with Crippen molar-refractivity contribution in [3.05, 3.63) is 29.8 Å². The third kappa shape index (κ3) is 3.05. The maximum Gasteiger partial charge on any atom is 0.103 e. The van der Waals surface area contributed by atoms with Gasteiger partial charge in [0.2, 0.25) is 0 Å². The Balaban J connectivity index is 1.71. The van der Waals surface area contributed by atoms with Crippen LogP contribution < -0.4 is 10.6 Å². The van der Waals surface area contributed by atoms with Crippen molar-refractivity contribution in [3.8, 4) is 0 Å². The molecule has 2 aliphatic rings. The molecule has 0 aromatic heterocycles. The van der Waals surface area contributed by atoms with Crippen LogP contribution in [-0.4, -0.2) is 43.5 Å². The van der Waals surface area contributed by atoms with Crippen molar-refractivity contribution in [2.24, 2.45) is 5.73 Å². The average Bonchev–Trinajstić information content (AvgIpc) is 2.94. The highest BCUT2D eigenvalue weighted by atomic mass is 32.1. The maximum absolute atomic E-state index is 6.01. The predicted molar refractivity (Wildman–Crippen MR) is 87.9 cm³/mol. The van der Waals surface area contributed by atoms with Gasteiger partial charge in [-0.15, -0.1) is 0 Å². The molecule has 2 atom stereocenters. The van der Waals surface area contributed by atoms with Gasteiger partial charge in [-0.2, -0.15) is 0 Å². The van der Waals surface area contributed by atoms with E-state index in [4.69, 9.17) is 27.4 Å². The summed E-state index contributed by atoms with van der Waals surface area (Å²) in [5.74, 6) is 0. The van der Waals surface area contributed by atoms with E-state index >= 15 is 0 Å². The van der Waals surface area contributed by atoms with Crippen LogP contribution in [0.4, 0.5) is 5.69 Å². The monoisotopic (exact) mass is 306 g/mol. The van der Waals surface area contributed by atoms with Crippen LogP contribution in [0.15, 0.2) is 24.3 Å². The van der Waals surface area contributed by atoms with Crippen molar-refractivity contribution in [2.75, 3.05) is 31.8 Å². The van der Waals surface area contributed by atoms with Gasteiger partial charge in [0, 0.05) is 44.0 Å². The summed E-state index contributed by atoms with van der Waals surface area (Å²) < 4.78 is 11.5. The van der Waals surface area contributed by atoms with E-state index in [0.29, 0.717) is 11.0 Å². The highest BCUT2D eigenvalue weighted by Crippen LogP contribution is 2.35. The highest BCUT2D eigenvalue weighted by molar-refractivity contribution is 7.80. The van der Waals surface area contributed by atoms with Gasteiger partial charge in [-0.05, 0) is 37.1 Å². The molecule has 2 saturated heterocycles.